The molecule has 19 heteroatoms. The number of aliphatic hydroxyl groups excluding tert-OH is 1. The summed E-state index contributed by atoms with van der Waals surface area (Å²) < 4.78 is 68.2. The molecule has 0 heterocycles. The summed E-state index contributed by atoms with van der Waals surface area (Å²) in [5, 5.41) is 10.6. The molecule has 534 valence electrons. The number of carbonyl (C=O) groups is 4. The molecule has 17 nitrogen and oxygen atoms in total. The second kappa shape index (κ2) is 60.7. The number of ether oxygens (including phenoxy) is 4. The summed E-state index contributed by atoms with van der Waals surface area (Å²) in [7, 11) is -9.90. The molecule has 0 aromatic rings. The van der Waals surface area contributed by atoms with Crippen LogP contribution in [0.1, 0.15) is 351 Å². The first-order valence-electron chi connectivity index (χ1n) is 36.7. The average molecular weight is 1330 g/mol. The van der Waals surface area contributed by atoms with Crippen LogP contribution in [0.15, 0.2) is 0 Å². The van der Waals surface area contributed by atoms with Crippen molar-refractivity contribution in [2.75, 3.05) is 39.6 Å². The van der Waals surface area contributed by atoms with E-state index in [1.54, 1.807) is 0 Å². The van der Waals surface area contributed by atoms with Crippen LogP contribution >= 0.6 is 15.6 Å². The van der Waals surface area contributed by atoms with Gasteiger partial charge in [-0.1, -0.05) is 299 Å². The van der Waals surface area contributed by atoms with Gasteiger partial charge in [0.25, 0.3) is 0 Å². The Morgan fingerprint density at radius 1 is 0.311 bits per heavy atom. The molecule has 0 saturated carbocycles. The molecular weight excluding hydrogens is 1190 g/mol. The van der Waals surface area contributed by atoms with Gasteiger partial charge in [0.2, 0.25) is 0 Å². The van der Waals surface area contributed by atoms with Crippen LogP contribution in [0, 0.1) is 23.7 Å². The lowest BCUT2D eigenvalue weighted by Gasteiger charge is -2.21. The van der Waals surface area contributed by atoms with Crippen LogP contribution in [0.25, 0.3) is 0 Å². The molecule has 0 spiro atoms. The first-order valence-corrected chi connectivity index (χ1v) is 39.7. The van der Waals surface area contributed by atoms with Gasteiger partial charge in [0.05, 0.1) is 26.4 Å². The smallest absolute Gasteiger partial charge is 0.462 e. The molecule has 0 bridgehead atoms. The van der Waals surface area contributed by atoms with Crippen molar-refractivity contribution in [1.82, 2.24) is 0 Å². The topological polar surface area (TPSA) is 237 Å². The van der Waals surface area contributed by atoms with Gasteiger partial charge >= 0.3 is 39.5 Å². The van der Waals surface area contributed by atoms with Crippen molar-refractivity contribution in [2.45, 2.75) is 369 Å². The van der Waals surface area contributed by atoms with Crippen LogP contribution in [-0.2, 0) is 65.4 Å². The van der Waals surface area contributed by atoms with Crippen molar-refractivity contribution in [3.63, 3.8) is 0 Å². The van der Waals surface area contributed by atoms with Gasteiger partial charge < -0.3 is 33.8 Å². The van der Waals surface area contributed by atoms with Crippen molar-refractivity contribution in [3.8, 4) is 0 Å². The molecule has 3 N–H and O–H groups in total. The molecule has 0 rings (SSSR count). The minimum Gasteiger partial charge on any atom is -0.462 e. The van der Waals surface area contributed by atoms with Gasteiger partial charge in [-0.15, -0.1) is 0 Å². The van der Waals surface area contributed by atoms with Crippen molar-refractivity contribution >= 4 is 39.5 Å². The van der Waals surface area contributed by atoms with Crippen molar-refractivity contribution < 1.29 is 80.2 Å². The van der Waals surface area contributed by atoms with E-state index in [1.165, 1.54) is 148 Å². The molecule has 0 aromatic carbocycles. The summed E-state index contributed by atoms with van der Waals surface area (Å²) in [6.45, 7) is 14.0. The van der Waals surface area contributed by atoms with E-state index in [4.69, 9.17) is 37.0 Å². The highest BCUT2D eigenvalue weighted by Gasteiger charge is 2.30. The van der Waals surface area contributed by atoms with Crippen molar-refractivity contribution in [1.29, 1.82) is 0 Å². The third kappa shape index (κ3) is 63.5. The molecule has 90 heavy (non-hydrogen) atoms. The number of unbranched alkanes of at least 4 members (excludes halogenated alkanes) is 33. The van der Waals surface area contributed by atoms with E-state index < -0.39 is 97.5 Å². The maximum absolute atomic E-state index is 13.0. The SMILES string of the molecule is CCC(C)CCCCCCCCCCC(=O)OC[C@H](COP(=O)(O)OCC(O)COP(=O)(O)OC[C@@H](COC(=O)CCCCCCCCCC(C)C)OC(=O)CCCCCCCCCCCCCCCCCCC(C)C)OC(=O)CCCCCCCCC(C)C. The summed E-state index contributed by atoms with van der Waals surface area (Å²) in [5.74, 6) is 0.827. The number of aliphatic hydroxyl groups is 1. The van der Waals surface area contributed by atoms with E-state index in [2.05, 4.69) is 55.4 Å². The van der Waals surface area contributed by atoms with E-state index >= 15 is 0 Å². The molecule has 0 aliphatic carbocycles. The van der Waals surface area contributed by atoms with Gasteiger partial charge in [-0.3, -0.25) is 37.3 Å². The van der Waals surface area contributed by atoms with Gasteiger partial charge in [0, 0.05) is 25.7 Å². The van der Waals surface area contributed by atoms with E-state index in [9.17, 15) is 43.2 Å². The summed E-state index contributed by atoms with van der Waals surface area (Å²) in [6.07, 6.45) is 43.4. The highest BCUT2D eigenvalue weighted by atomic mass is 31.2. The molecule has 0 aliphatic rings. The Balaban J connectivity index is 5.19. The van der Waals surface area contributed by atoms with Crippen LogP contribution in [0.5, 0.6) is 0 Å². The van der Waals surface area contributed by atoms with E-state index in [-0.39, 0.29) is 25.7 Å². The number of hydrogen-bond acceptors (Lipinski definition) is 15. The zero-order valence-corrected chi connectivity index (χ0v) is 60.6. The molecule has 0 saturated heterocycles. The molecule has 0 radical (unpaired) electrons. The summed E-state index contributed by atoms with van der Waals surface area (Å²) in [4.78, 5) is 72.5. The molecule has 0 aromatic heterocycles. The third-order valence-electron chi connectivity index (χ3n) is 16.7. The normalized spacial score (nSPS) is 14.6. The fourth-order valence-electron chi connectivity index (χ4n) is 10.6. The molecule has 0 aliphatic heterocycles. The van der Waals surface area contributed by atoms with E-state index in [0.717, 1.165) is 108 Å². The van der Waals surface area contributed by atoms with Crippen molar-refractivity contribution in [2.24, 2.45) is 23.7 Å². The fourth-order valence-corrected chi connectivity index (χ4v) is 12.2. The lowest BCUT2D eigenvalue weighted by molar-refractivity contribution is -0.161. The van der Waals surface area contributed by atoms with Gasteiger partial charge in [-0.2, -0.15) is 0 Å². The Bertz CT molecular complexity index is 1780. The zero-order valence-electron chi connectivity index (χ0n) is 58.8. The number of hydrogen-bond donors (Lipinski definition) is 3. The van der Waals surface area contributed by atoms with Crippen LogP contribution in [0.2, 0.25) is 0 Å². The number of phosphoric ester groups is 2. The molecular formula is C71H138O17P2. The summed E-state index contributed by atoms with van der Waals surface area (Å²) in [6, 6.07) is 0. The Morgan fingerprint density at radius 3 is 0.789 bits per heavy atom. The second-order valence-electron chi connectivity index (χ2n) is 27.3. The first-order chi connectivity index (χ1) is 43.1. The van der Waals surface area contributed by atoms with Gasteiger partial charge in [-0.05, 0) is 49.4 Å². The van der Waals surface area contributed by atoms with Crippen LogP contribution in [-0.4, -0.2) is 96.7 Å². The Hall–Kier alpha value is -1.94. The lowest BCUT2D eigenvalue weighted by Crippen LogP contribution is -2.30. The monoisotopic (exact) mass is 1320 g/mol. The minimum atomic E-state index is -4.95. The first kappa shape index (κ1) is 88.1. The summed E-state index contributed by atoms with van der Waals surface area (Å²) in [5.41, 5.74) is 0. The summed E-state index contributed by atoms with van der Waals surface area (Å²) >= 11 is 0. The van der Waals surface area contributed by atoms with Crippen LogP contribution in [0.4, 0.5) is 0 Å². The number of rotatable bonds is 68. The fraction of sp³-hybridized carbons (Fsp3) is 0.944. The van der Waals surface area contributed by atoms with E-state index in [0.29, 0.717) is 37.5 Å². The highest BCUT2D eigenvalue weighted by Crippen LogP contribution is 2.45. The number of carbonyl (C=O) groups excluding carboxylic acids is 4. The molecule has 6 atom stereocenters. The number of esters is 4. The Kier molecular flexibility index (Phi) is 59.4. The molecule has 0 fully saturated rings. The third-order valence-corrected chi connectivity index (χ3v) is 18.6. The van der Waals surface area contributed by atoms with Gasteiger partial charge in [-0.25, -0.2) is 9.13 Å². The Labute approximate surface area is 549 Å². The zero-order chi connectivity index (χ0) is 66.8. The number of phosphoric acid groups is 2. The van der Waals surface area contributed by atoms with Crippen LogP contribution < -0.4 is 0 Å². The maximum atomic E-state index is 13.0. The minimum absolute atomic E-state index is 0.101. The second-order valence-corrected chi connectivity index (χ2v) is 30.2. The lowest BCUT2D eigenvalue weighted by atomic mass is 9.99. The molecule has 0 amide bonds. The van der Waals surface area contributed by atoms with Crippen LogP contribution in [0.3, 0.4) is 0 Å². The van der Waals surface area contributed by atoms with E-state index in [1.807, 2.05) is 0 Å². The van der Waals surface area contributed by atoms with Gasteiger partial charge in [0.1, 0.15) is 19.3 Å². The average Bonchev–Trinajstić information content (AvgIpc) is 2.35. The highest BCUT2D eigenvalue weighted by molar-refractivity contribution is 7.47. The van der Waals surface area contributed by atoms with Gasteiger partial charge in [0.15, 0.2) is 12.2 Å². The largest absolute Gasteiger partial charge is 0.472 e. The van der Waals surface area contributed by atoms with Crippen molar-refractivity contribution in [3.05, 3.63) is 0 Å². The maximum Gasteiger partial charge on any atom is 0.472 e. The quantitative estimate of drug-likeness (QED) is 0.0222. The molecule has 4 unspecified atom stereocenters. The predicted octanol–water partition coefficient (Wildman–Crippen LogP) is 20.1. The predicted molar refractivity (Wildman–Crippen MR) is 363 cm³/mol. The Morgan fingerprint density at radius 2 is 0.533 bits per heavy atom. The standard InChI is InChI=1S/C71H138O17P2/c1-9-64(8)50-42-34-25-20-21-26-35-43-51-68(73)81-58-67(88-71(76)54-46-38-30-29-33-41-49-63(6)7)60-86-90(79,80)84-56-65(72)55-83-89(77,78)85-59-66(57-82-69(74)52-44-36-28-22-24-32-40-48-62(4)5)87-70(75)53-45-37-27-19-17-15-13-11-10-12-14-16-18-23-31-39-47-61(2)3/h61-67,72H,9-60H2,1-8H3,(H,77,78)(H,79,80)/t64?,65?,66-,67-/m1/s1.